The summed E-state index contributed by atoms with van der Waals surface area (Å²) in [5.74, 6) is -2.27. The van der Waals surface area contributed by atoms with Crippen molar-refractivity contribution < 1.29 is 42.9 Å². The maximum atomic E-state index is 11.9. The first-order valence-electron chi connectivity index (χ1n) is 11.8. The van der Waals surface area contributed by atoms with E-state index in [2.05, 4.69) is 0 Å². The van der Waals surface area contributed by atoms with Gasteiger partial charge in [-0.05, 0) is 47.9 Å². The lowest BCUT2D eigenvalue weighted by Crippen LogP contribution is -2.59. The van der Waals surface area contributed by atoms with Crippen LogP contribution >= 0.6 is 0 Å². The summed E-state index contributed by atoms with van der Waals surface area (Å²) >= 11 is 0. The lowest BCUT2D eigenvalue weighted by atomic mass is 9.91. The Kier molecular flexibility index (Phi) is 8.88. The van der Waals surface area contributed by atoms with E-state index in [1.165, 1.54) is 20.8 Å². The van der Waals surface area contributed by atoms with E-state index in [4.69, 9.17) is 29.4 Å². The third kappa shape index (κ3) is 7.07. The maximum Gasteiger partial charge on any atom is 0.303 e. The zero-order valence-corrected chi connectivity index (χ0v) is 21.4. The van der Waals surface area contributed by atoms with Crippen LogP contribution in [0.3, 0.4) is 0 Å². The number of hydrogen-bond donors (Lipinski definition) is 1. The first-order chi connectivity index (χ1) is 17.5. The van der Waals surface area contributed by atoms with Gasteiger partial charge in [0.15, 0.2) is 6.10 Å². The number of amides is 1. The zero-order chi connectivity index (χ0) is 27.3. The molecule has 1 amide bonds. The number of aryl methyl sites for hydroxylation is 1. The van der Waals surface area contributed by atoms with E-state index in [-0.39, 0.29) is 6.61 Å². The summed E-state index contributed by atoms with van der Waals surface area (Å²) in [4.78, 5) is 46.6. The molecule has 10 heteroatoms. The lowest BCUT2D eigenvalue weighted by Gasteiger charge is -2.43. The number of hydrogen-bond acceptors (Lipinski definition) is 9. The minimum Gasteiger partial charge on any atom is -0.464 e. The van der Waals surface area contributed by atoms with Gasteiger partial charge in [-0.25, -0.2) is 0 Å². The Labute approximate surface area is 215 Å². The first kappa shape index (κ1) is 27.7. The molecule has 2 aromatic rings. The van der Waals surface area contributed by atoms with E-state index in [0.717, 1.165) is 16.7 Å². The molecule has 0 aromatic heterocycles. The largest absolute Gasteiger partial charge is 0.464 e. The number of ether oxygens (including phenoxy) is 5. The minimum atomic E-state index is -1.00. The molecule has 198 valence electrons. The normalized spacial score (nSPS) is 23.0. The molecule has 0 radical (unpaired) electrons. The summed E-state index contributed by atoms with van der Waals surface area (Å²) in [6.07, 6.45) is -3.76. The Bertz CT molecular complexity index is 1180. The summed E-state index contributed by atoms with van der Waals surface area (Å²) in [6.45, 7) is 7.09. The average molecular weight is 514 g/mol. The average Bonchev–Trinajstić information content (AvgIpc) is 2.82. The van der Waals surface area contributed by atoms with Crippen LogP contribution in [0.4, 0.5) is 0 Å². The predicted octanol–water partition coefficient (Wildman–Crippen LogP) is 2.93. The van der Waals surface area contributed by atoms with Crippen molar-refractivity contribution in [3.05, 3.63) is 53.6 Å². The highest BCUT2D eigenvalue weighted by Crippen LogP contribution is 2.34. The highest BCUT2D eigenvalue weighted by molar-refractivity contribution is 5.94. The number of benzene rings is 2. The van der Waals surface area contributed by atoms with Crippen LogP contribution in [0.25, 0.3) is 11.1 Å². The standard InChI is InChI=1S/C27H31NO9/c1-14-11-20(19-7-6-8-21(12-19)26(28)32)9-10-22(14)36-27-15(2)24(34-17(4)30)25(35-18(5)31)23(37-27)13-33-16(3)29/h6-12,15,23-25,27H,13H2,1-5H3,(H2,28,32). The number of carbonyl (C=O) groups excluding carboxylic acids is 4. The van der Waals surface area contributed by atoms with Crippen LogP contribution in [0.2, 0.25) is 0 Å². The van der Waals surface area contributed by atoms with Crippen molar-refractivity contribution in [2.75, 3.05) is 6.61 Å². The minimum absolute atomic E-state index is 0.230. The molecule has 1 aliphatic rings. The summed E-state index contributed by atoms with van der Waals surface area (Å²) in [5, 5.41) is 0. The summed E-state index contributed by atoms with van der Waals surface area (Å²) in [6, 6.07) is 12.5. The number of primary amides is 1. The van der Waals surface area contributed by atoms with Gasteiger partial charge in [0.05, 0.1) is 5.92 Å². The molecule has 0 spiro atoms. The Morgan fingerprint density at radius 3 is 2.14 bits per heavy atom. The van der Waals surface area contributed by atoms with Gasteiger partial charge in [-0.1, -0.05) is 25.1 Å². The molecule has 2 N–H and O–H groups in total. The van der Waals surface area contributed by atoms with Crippen LogP contribution in [0, 0.1) is 12.8 Å². The van der Waals surface area contributed by atoms with Gasteiger partial charge in [-0.3, -0.25) is 19.2 Å². The molecule has 1 aliphatic heterocycles. The molecule has 1 heterocycles. The van der Waals surface area contributed by atoms with Crippen molar-refractivity contribution in [3.8, 4) is 16.9 Å². The van der Waals surface area contributed by atoms with Crippen LogP contribution in [0.15, 0.2) is 42.5 Å². The van der Waals surface area contributed by atoms with Gasteiger partial charge in [0.1, 0.15) is 24.6 Å². The molecule has 5 atom stereocenters. The number of nitrogens with two attached hydrogens (primary N) is 1. The molecule has 0 saturated carbocycles. The Morgan fingerprint density at radius 1 is 0.892 bits per heavy atom. The van der Waals surface area contributed by atoms with E-state index < -0.39 is 54.3 Å². The highest BCUT2D eigenvalue weighted by atomic mass is 16.7. The second-order valence-corrected chi connectivity index (χ2v) is 8.90. The van der Waals surface area contributed by atoms with Gasteiger partial charge < -0.3 is 29.4 Å². The smallest absolute Gasteiger partial charge is 0.303 e. The van der Waals surface area contributed by atoms with E-state index in [1.54, 1.807) is 31.2 Å². The number of carbonyl (C=O) groups is 4. The molecular formula is C27H31NO9. The first-order valence-corrected chi connectivity index (χ1v) is 11.8. The van der Waals surface area contributed by atoms with Gasteiger partial charge in [0.2, 0.25) is 12.2 Å². The third-order valence-corrected chi connectivity index (χ3v) is 5.90. The van der Waals surface area contributed by atoms with Crippen molar-refractivity contribution in [1.82, 2.24) is 0 Å². The van der Waals surface area contributed by atoms with E-state index in [9.17, 15) is 19.2 Å². The van der Waals surface area contributed by atoms with E-state index >= 15 is 0 Å². The highest BCUT2D eigenvalue weighted by Gasteiger charge is 2.49. The Morgan fingerprint density at radius 2 is 1.54 bits per heavy atom. The summed E-state index contributed by atoms with van der Waals surface area (Å²) in [5.41, 5.74) is 8.24. The molecule has 3 rings (SSSR count). The maximum absolute atomic E-state index is 11.9. The van der Waals surface area contributed by atoms with Gasteiger partial charge >= 0.3 is 17.9 Å². The van der Waals surface area contributed by atoms with Crippen LogP contribution < -0.4 is 10.5 Å². The topological polar surface area (TPSA) is 140 Å². The predicted molar refractivity (Wildman–Crippen MR) is 131 cm³/mol. The number of esters is 3. The van der Waals surface area contributed by atoms with Crippen LogP contribution in [-0.4, -0.2) is 55.0 Å². The monoisotopic (exact) mass is 513 g/mol. The fourth-order valence-corrected chi connectivity index (χ4v) is 4.15. The molecule has 1 fully saturated rings. The van der Waals surface area contributed by atoms with Gasteiger partial charge in [0.25, 0.3) is 0 Å². The lowest BCUT2D eigenvalue weighted by molar-refractivity contribution is -0.267. The number of rotatable bonds is 8. The fourth-order valence-electron chi connectivity index (χ4n) is 4.15. The van der Waals surface area contributed by atoms with Crippen LogP contribution in [0.5, 0.6) is 5.75 Å². The third-order valence-electron chi connectivity index (χ3n) is 5.90. The van der Waals surface area contributed by atoms with E-state index in [1.807, 2.05) is 25.1 Å². The molecule has 1 saturated heterocycles. The molecule has 5 unspecified atom stereocenters. The molecule has 10 nitrogen and oxygen atoms in total. The van der Waals surface area contributed by atoms with Gasteiger partial charge in [-0.2, -0.15) is 0 Å². The molecule has 0 bridgehead atoms. The van der Waals surface area contributed by atoms with Crippen molar-refractivity contribution in [1.29, 1.82) is 0 Å². The molecular weight excluding hydrogens is 482 g/mol. The Balaban J connectivity index is 1.88. The molecule has 37 heavy (non-hydrogen) atoms. The fraction of sp³-hybridized carbons (Fsp3) is 0.407. The quantitative estimate of drug-likeness (QED) is 0.417. The summed E-state index contributed by atoms with van der Waals surface area (Å²) < 4.78 is 28.3. The zero-order valence-electron chi connectivity index (χ0n) is 21.4. The molecule has 0 aliphatic carbocycles. The summed E-state index contributed by atoms with van der Waals surface area (Å²) in [7, 11) is 0. The van der Waals surface area contributed by atoms with Crippen molar-refractivity contribution in [2.24, 2.45) is 11.7 Å². The van der Waals surface area contributed by atoms with Crippen molar-refractivity contribution in [3.63, 3.8) is 0 Å². The van der Waals surface area contributed by atoms with Gasteiger partial charge in [-0.15, -0.1) is 0 Å². The van der Waals surface area contributed by atoms with E-state index in [0.29, 0.717) is 11.3 Å². The van der Waals surface area contributed by atoms with Crippen LogP contribution in [-0.2, 0) is 33.3 Å². The van der Waals surface area contributed by atoms with Crippen molar-refractivity contribution in [2.45, 2.75) is 59.2 Å². The van der Waals surface area contributed by atoms with Crippen molar-refractivity contribution >= 4 is 23.8 Å². The van der Waals surface area contributed by atoms with Crippen LogP contribution in [0.1, 0.15) is 43.6 Å². The Hall–Kier alpha value is -3.92. The molecule has 2 aromatic carbocycles. The second-order valence-electron chi connectivity index (χ2n) is 8.90. The second kappa shape index (κ2) is 11.9. The SMILES string of the molecule is CC(=O)OCC1OC(Oc2ccc(-c3cccc(C(N)=O)c3)cc2C)C(C)C(OC(C)=O)C1OC(C)=O. The van der Waals surface area contributed by atoms with Gasteiger partial charge in [0, 0.05) is 26.3 Å².